The normalized spacial score (nSPS) is 15.8. The van der Waals surface area contributed by atoms with Crippen molar-refractivity contribution >= 4 is 0 Å². The monoisotopic (exact) mass is 224 g/mol. The van der Waals surface area contributed by atoms with E-state index in [-0.39, 0.29) is 24.7 Å². The molecule has 0 radical (unpaired) electrons. The smallest absolute Gasteiger partial charge is 0.170 e. The number of hydrogen-bond acceptors (Lipinski definition) is 0. The van der Waals surface area contributed by atoms with Crippen LogP contribution in [0.3, 0.4) is 0 Å². The van der Waals surface area contributed by atoms with E-state index in [1.54, 1.807) is 13.8 Å². The first-order chi connectivity index (χ1) is 6.76. The maximum atomic E-state index is 13.2. The van der Waals surface area contributed by atoms with Crippen molar-refractivity contribution in [2.24, 2.45) is 17.3 Å². The fraction of sp³-hybridized carbons (Fsp3) is 1.00. The van der Waals surface area contributed by atoms with Gasteiger partial charge in [-0.1, -0.05) is 41.0 Å². The Morgan fingerprint density at radius 1 is 0.933 bits per heavy atom. The molecule has 0 amide bonds. The summed E-state index contributed by atoms with van der Waals surface area (Å²) in [6.07, 6.45) is -3.12. The highest BCUT2D eigenvalue weighted by Gasteiger charge is 2.56. The zero-order valence-corrected chi connectivity index (χ0v) is 10.4. The highest BCUT2D eigenvalue weighted by molar-refractivity contribution is 4.91. The number of rotatable bonds is 5. The summed E-state index contributed by atoms with van der Waals surface area (Å²) in [4.78, 5) is 0. The Morgan fingerprint density at radius 2 is 1.33 bits per heavy atom. The standard InChI is InChI=1S/C12H23F3/c1-6-10(9(4)5)11(7-2,8-3)12(13,14)15/h9-10H,6-8H2,1-5H3. The van der Waals surface area contributed by atoms with Crippen LogP contribution < -0.4 is 0 Å². The zero-order chi connectivity index (χ0) is 12.3. The molecule has 0 saturated heterocycles. The van der Waals surface area contributed by atoms with Gasteiger partial charge in [-0.2, -0.15) is 13.2 Å². The van der Waals surface area contributed by atoms with Gasteiger partial charge in [-0.15, -0.1) is 0 Å². The Labute approximate surface area is 91.3 Å². The Bertz CT molecular complexity index is 178. The van der Waals surface area contributed by atoms with E-state index < -0.39 is 11.6 Å². The fourth-order valence-electron chi connectivity index (χ4n) is 2.89. The molecule has 0 N–H and O–H groups in total. The predicted molar refractivity (Wildman–Crippen MR) is 57.7 cm³/mol. The summed E-state index contributed by atoms with van der Waals surface area (Å²) >= 11 is 0. The highest BCUT2D eigenvalue weighted by atomic mass is 19.4. The molecular weight excluding hydrogens is 201 g/mol. The summed E-state index contributed by atoms with van der Waals surface area (Å²) in [5.41, 5.74) is -1.49. The average molecular weight is 224 g/mol. The molecule has 0 fully saturated rings. The summed E-state index contributed by atoms with van der Waals surface area (Å²) in [5, 5.41) is 0. The Kier molecular flexibility index (Phi) is 5.15. The van der Waals surface area contributed by atoms with Crippen LogP contribution in [0.5, 0.6) is 0 Å². The van der Waals surface area contributed by atoms with Crippen molar-refractivity contribution in [2.75, 3.05) is 0 Å². The van der Waals surface area contributed by atoms with Crippen molar-refractivity contribution < 1.29 is 13.2 Å². The molecule has 0 aromatic rings. The molecule has 0 aliphatic carbocycles. The van der Waals surface area contributed by atoms with Crippen molar-refractivity contribution in [3.05, 3.63) is 0 Å². The molecule has 92 valence electrons. The van der Waals surface area contributed by atoms with Crippen molar-refractivity contribution in [3.63, 3.8) is 0 Å². The quantitative estimate of drug-likeness (QED) is 0.614. The summed E-state index contributed by atoms with van der Waals surface area (Å²) in [6.45, 7) is 8.94. The second kappa shape index (κ2) is 5.22. The van der Waals surface area contributed by atoms with Crippen LogP contribution in [0, 0.1) is 17.3 Å². The second-order valence-electron chi connectivity index (χ2n) is 4.62. The molecule has 1 unspecified atom stereocenters. The van der Waals surface area contributed by atoms with Gasteiger partial charge in [0, 0.05) is 0 Å². The van der Waals surface area contributed by atoms with Gasteiger partial charge >= 0.3 is 6.18 Å². The Balaban J connectivity index is 5.24. The van der Waals surface area contributed by atoms with Crippen LogP contribution in [0.15, 0.2) is 0 Å². The van der Waals surface area contributed by atoms with Gasteiger partial charge in [0.2, 0.25) is 0 Å². The molecule has 1 atom stereocenters. The molecule has 0 aromatic carbocycles. The fourth-order valence-corrected chi connectivity index (χ4v) is 2.89. The first kappa shape index (κ1) is 14.8. The lowest BCUT2D eigenvalue weighted by Gasteiger charge is -2.43. The van der Waals surface area contributed by atoms with Crippen molar-refractivity contribution in [2.45, 2.75) is 60.1 Å². The SMILES string of the molecule is CCC(C(C)C)C(CC)(CC)C(F)(F)F. The van der Waals surface area contributed by atoms with E-state index in [1.807, 2.05) is 20.8 Å². The van der Waals surface area contributed by atoms with E-state index >= 15 is 0 Å². The third kappa shape index (κ3) is 2.67. The molecule has 0 aliphatic heterocycles. The van der Waals surface area contributed by atoms with E-state index in [4.69, 9.17) is 0 Å². The number of halogens is 3. The summed E-state index contributed by atoms with van der Waals surface area (Å²) in [6, 6.07) is 0. The average Bonchev–Trinajstić information content (AvgIpc) is 2.11. The van der Waals surface area contributed by atoms with Gasteiger partial charge in [0.25, 0.3) is 0 Å². The second-order valence-corrected chi connectivity index (χ2v) is 4.62. The van der Waals surface area contributed by atoms with Gasteiger partial charge in [0.1, 0.15) is 0 Å². The van der Waals surface area contributed by atoms with Crippen LogP contribution in [-0.2, 0) is 0 Å². The molecule has 0 heterocycles. The molecular formula is C12H23F3. The van der Waals surface area contributed by atoms with Crippen LogP contribution in [0.25, 0.3) is 0 Å². The van der Waals surface area contributed by atoms with Crippen molar-refractivity contribution in [1.29, 1.82) is 0 Å². The van der Waals surface area contributed by atoms with E-state index in [2.05, 4.69) is 0 Å². The van der Waals surface area contributed by atoms with E-state index in [9.17, 15) is 13.2 Å². The molecule has 0 saturated carbocycles. The minimum atomic E-state index is -4.08. The predicted octanol–water partition coefficient (Wildman–Crippen LogP) is 5.04. The lowest BCUT2D eigenvalue weighted by molar-refractivity contribution is -0.252. The molecule has 0 aliphatic rings. The van der Waals surface area contributed by atoms with Crippen LogP contribution in [0.1, 0.15) is 53.9 Å². The maximum Gasteiger partial charge on any atom is 0.394 e. The van der Waals surface area contributed by atoms with Crippen molar-refractivity contribution in [1.82, 2.24) is 0 Å². The molecule has 3 heteroatoms. The minimum absolute atomic E-state index is 0.0801. The summed E-state index contributed by atoms with van der Waals surface area (Å²) in [5.74, 6) is -0.191. The molecule has 0 bridgehead atoms. The molecule has 0 nitrogen and oxygen atoms in total. The van der Waals surface area contributed by atoms with E-state index in [0.717, 1.165) is 0 Å². The third-order valence-corrected chi connectivity index (χ3v) is 3.78. The van der Waals surface area contributed by atoms with Crippen LogP contribution in [-0.4, -0.2) is 6.18 Å². The van der Waals surface area contributed by atoms with Crippen LogP contribution in [0.4, 0.5) is 13.2 Å². The number of alkyl halides is 3. The minimum Gasteiger partial charge on any atom is -0.170 e. The third-order valence-electron chi connectivity index (χ3n) is 3.78. The van der Waals surface area contributed by atoms with E-state index in [0.29, 0.717) is 6.42 Å². The maximum absolute atomic E-state index is 13.2. The number of hydrogen-bond donors (Lipinski definition) is 0. The highest BCUT2D eigenvalue weighted by Crippen LogP contribution is 2.52. The van der Waals surface area contributed by atoms with Gasteiger partial charge < -0.3 is 0 Å². The summed E-state index contributed by atoms with van der Waals surface area (Å²) < 4.78 is 39.5. The van der Waals surface area contributed by atoms with Gasteiger partial charge in [-0.3, -0.25) is 0 Å². The zero-order valence-electron chi connectivity index (χ0n) is 10.4. The first-order valence-corrected chi connectivity index (χ1v) is 5.83. The lowest BCUT2D eigenvalue weighted by Crippen LogP contribution is -2.45. The Hall–Kier alpha value is -0.210. The lowest BCUT2D eigenvalue weighted by atomic mass is 9.65. The molecule has 0 aromatic heterocycles. The topological polar surface area (TPSA) is 0 Å². The van der Waals surface area contributed by atoms with Gasteiger partial charge in [-0.05, 0) is 24.7 Å². The van der Waals surface area contributed by atoms with Crippen molar-refractivity contribution in [3.8, 4) is 0 Å². The van der Waals surface area contributed by atoms with Gasteiger partial charge in [0.15, 0.2) is 0 Å². The van der Waals surface area contributed by atoms with Gasteiger partial charge in [-0.25, -0.2) is 0 Å². The van der Waals surface area contributed by atoms with Gasteiger partial charge in [0.05, 0.1) is 5.41 Å². The molecule has 0 rings (SSSR count). The first-order valence-electron chi connectivity index (χ1n) is 5.83. The molecule has 0 spiro atoms. The van der Waals surface area contributed by atoms with E-state index in [1.165, 1.54) is 0 Å². The van der Waals surface area contributed by atoms with Crippen LogP contribution >= 0.6 is 0 Å². The Morgan fingerprint density at radius 3 is 1.40 bits per heavy atom. The van der Waals surface area contributed by atoms with Crippen LogP contribution in [0.2, 0.25) is 0 Å². The largest absolute Gasteiger partial charge is 0.394 e. The molecule has 15 heavy (non-hydrogen) atoms. The summed E-state index contributed by atoms with van der Waals surface area (Å²) in [7, 11) is 0.